The predicted octanol–water partition coefficient (Wildman–Crippen LogP) is 2.47. The third-order valence-corrected chi connectivity index (χ3v) is 3.87. The molecule has 1 aliphatic rings. The number of furan rings is 1. The van der Waals surface area contributed by atoms with Crippen LogP contribution in [0.2, 0.25) is 0 Å². The molecule has 0 fully saturated rings. The van der Waals surface area contributed by atoms with Gasteiger partial charge in [0.1, 0.15) is 18.1 Å². The van der Waals surface area contributed by atoms with E-state index in [-0.39, 0.29) is 18.6 Å². The molecule has 2 aromatic rings. The molecule has 1 aromatic carbocycles. The number of likely N-dealkylation sites (N-methyl/N-ethyl adjacent to an activating group) is 1. The number of nitrogens with zero attached hydrogens (tertiary/aromatic N) is 1. The van der Waals surface area contributed by atoms with E-state index in [4.69, 9.17) is 9.15 Å². The summed E-state index contributed by atoms with van der Waals surface area (Å²) in [5.41, 5.74) is 1.56. The maximum absolute atomic E-state index is 12.4. The first-order chi connectivity index (χ1) is 11.1. The van der Waals surface area contributed by atoms with E-state index in [1.54, 1.807) is 6.26 Å². The van der Waals surface area contributed by atoms with E-state index < -0.39 is 0 Å². The topological polar surface area (TPSA) is 54.7 Å². The molecule has 1 N–H and O–H groups in total. The molecule has 23 heavy (non-hydrogen) atoms. The largest absolute Gasteiger partial charge is 0.488 e. The average Bonchev–Trinajstić information content (AvgIpc) is 3.08. The number of hydrogen-bond acceptors (Lipinski definition) is 4. The third-order valence-electron chi connectivity index (χ3n) is 3.87. The van der Waals surface area contributed by atoms with E-state index in [9.17, 15) is 4.79 Å². The van der Waals surface area contributed by atoms with Crippen molar-refractivity contribution in [2.24, 2.45) is 0 Å². The van der Waals surface area contributed by atoms with Gasteiger partial charge in [-0.3, -0.25) is 9.69 Å². The lowest BCUT2D eigenvalue weighted by atomic mass is 10.1. The molecular formula is C18H20N2O3. The zero-order valence-electron chi connectivity index (χ0n) is 13.3. The Balaban J connectivity index is 1.67. The van der Waals surface area contributed by atoms with E-state index in [1.165, 1.54) is 0 Å². The molecular weight excluding hydrogens is 292 g/mol. The molecule has 1 aliphatic heterocycles. The molecule has 0 aliphatic carbocycles. The summed E-state index contributed by atoms with van der Waals surface area (Å²) in [7, 11) is 3.91. The second kappa shape index (κ2) is 6.71. The smallest absolute Gasteiger partial charge is 0.250 e. The van der Waals surface area contributed by atoms with Gasteiger partial charge in [-0.2, -0.15) is 0 Å². The number of carbonyl (C=O) groups is 1. The zero-order valence-corrected chi connectivity index (χ0v) is 13.3. The van der Waals surface area contributed by atoms with E-state index in [0.29, 0.717) is 12.1 Å². The standard InChI is InChI=1S/C18H20N2O3/c1-20(2)15(17-8-5-9-22-17)11-19-18(21)14-10-13-6-3-4-7-16(13)23-12-14/h3-10,15H,11-12H2,1-2H3,(H,19,21)/t15-/m1/s1. The molecule has 5 heteroatoms. The number of ether oxygens (including phenoxy) is 1. The lowest BCUT2D eigenvalue weighted by Crippen LogP contribution is -2.36. The second-order valence-electron chi connectivity index (χ2n) is 5.70. The molecule has 1 amide bonds. The average molecular weight is 312 g/mol. The summed E-state index contributed by atoms with van der Waals surface area (Å²) in [4.78, 5) is 14.4. The fourth-order valence-corrected chi connectivity index (χ4v) is 2.57. The molecule has 1 atom stereocenters. The third kappa shape index (κ3) is 3.46. The molecule has 0 unspecified atom stereocenters. The first-order valence-corrected chi connectivity index (χ1v) is 7.55. The van der Waals surface area contributed by atoms with Gasteiger partial charge in [0.2, 0.25) is 0 Å². The van der Waals surface area contributed by atoms with Crippen LogP contribution in [-0.4, -0.2) is 38.1 Å². The van der Waals surface area contributed by atoms with Gasteiger partial charge in [0.15, 0.2) is 0 Å². The van der Waals surface area contributed by atoms with Crippen LogP contribution in [0.5, 0.6) is 5.75 Å². The summed E-state index contributed by atoms with van der Waals surface area (Å²) in [6.45, 7) is 0.758. The molecule has 1 aromatic heterocycles. The molecule has 120 valence electrons. The molecule has 0 spiro atoms. The number of nitrogens with one attached hydrogen (secondary N) is 1. The zero-order chi connectivity index (χ0) is 16.2. The van der Waals surface area contributed by atoms with E-state index in [1.807, 2.05) is 61.5 Å². The van der Waals surface area contributed by atoms with Crippen LogP contribution in [0, 0.1) is 0 Å². The van der Waals surface area contributed by atoms with Crippen molar-refractivity contribution in [1.82, 2.24) is 10.2 Å². The summed E-state index contributed by atoms with van der Waals surface area (Å²) in [6.07, 6.45) is 3.52. The highest BCUT2D eigenvalue weighted by Crippen LogP contribution is 2.25. The monoisotopic (exact) mass is 312 g/mol. The predicted molar refractivity (Wildman–Crippen MR) is 88.1 cm³/mol. The van der Waals surface area contributed by atoms with Crippen LogP contribution >= 0.6 is 0 Å². The summed E-state index contributed by atoms with van der Waals surface area (Å²) >= 11 is 0. The second-order valence-corrected chi connectivity index (χ2v) is 5.70. The summed E-state index contributed by atoms with van der Waals surface area (Å²) < 4.78 is 11.1. The number of fused-ring (bicyclic) bond motifs is 1. The van der Waals surface area contributed by atoms with Crippen LogP contribution < -0.4 is 10.1 Å². The fraction of sp³-hybridized carbons (Fsp3) is 0.278. The molecule has 5 nitrogen and oxygen atoms in total. The maximum atomic E-state index is 12.4. The van der Waals surface area contributed by atoms with Crippen molar-refractivity contribution in [2.45, 2.75) is 6.04 Å². The van der Waals surface area contributed by atoms with Gasteiger partial charge in [0.25, 0.3) is 5.91 Å². The molecule has 0 saturated heterocycles. The van der Waals surface area contributed by atoms with Crippen LogP contribution in [0.4, 0.5) is 0 Å². The van der Waals surface area contributed by atoms with Gasteiger partial charge in [-0.1, -0.05) is 18.2 Å². The molecule has 2 heterocycles. The van der Waals surface area contributed by atoms with Crippen molar-refractivity contribution < 1.29 is 13.9 Å². The Bertz CT molecular complexity index is 705. The van der Waals surface area contributed by atoms with Gasteiger partial charge in [-0.25, -0.2) is 0 Å². The number of rotatable bonds is 5. The molecule has 0 saturated carbocycles. The number of carbonyl (C=O) groups excluding carboxylic acids is 1. The highest BCUT2D eigenvalue weighted by molar-refractivity contribution is 5.99. The summed E-state index contributed by atoms with van der Waals surface area (Å²) in [5.74, 6) is 1.53. The van der Waals surface area contributed by atoms with Crippen LogP contribution in [0.1, 0.15) is 17.4 Å². The van der Waals surface area contributed by atoms with Crippen molar-refractivity contribution in [3.63, 3.8) is 0 Å². The summed E-state index contributed by atoms with van der Waals surface area (Å²) in [6, 6.07) is 11.4. The quantitative estimate of drug-likeness (QED) is 0.921. The Morgan fingerprint density at radius 1 is 1.26 bits per heavy atom. The van der Waals surface area contributed by atoms with Crippen LogP contribution in [0.15, 0.2) is 52.7 Å². The van der Waals surface area contributed by atoms with Crippen molar-refractivity contribution in [3.05, 3.63) is 59.6 Å². The SMILES string of the molecule is CN(C)[C@H](CNC(=O)C1=Cc2ccccc2OC1)c1ccco1. The van der Waals surface area contributed by atoms with Crippen LogP contribution in [-0.2, 0) is 4.79 Å². The normalized spacial score (nSPS) is 14.7. The maximum Gasteiger partial charge on any atom is 0.250 e. The van der Waals surface area contributed by atoms with Gasteiger partial charge >= 0.3 is 0 Å². The number of amides is 1. The Morgan fingerprint density at radius 2 is 2.09 bits per heavy atom. The molecule has 3 rings (SSSR count). The van der Waals surface area contributed by atoms with E-state index in [2.05, 4.69) is 5.32 Å². The Kier molecular flexibility index (Phi) is 4.48. The number of benzene rings is 1. The van der Waals surface area contributed by atoms with Crippen molar-refractivity contribution >= 4 is 12.0 Å². The fourth-order valence-electron chi connectivity index (χ4n) is 2.57. The van der Waals surface area contributed by atoms with E-state index >= 15 is 0 Å². The minimum absolute atomic E-state index is 0.00801. The van der Waals surface area contributed by atoms with Crippen LogP contribution in [0.25, 0.3) is 6.08 Å². The Labute approximate surface area is 135 Å². The molecule has 0 radical (unpaired) electrons. The Morgan fingerprint density at radius 3 is 2.83 bits per heavy atom. The highest BCUT2D eigenvalue weighted by Gasteiger charge is 2.21. The Hall–Kier alpha value is -2.53. The first kappa shape index (κ1) is 15.4. The summed E-state index contributed by atoms with van der Waals surface area (Å²) in [5, 5.41) is 2.96. The first-order valence-electron chi connectivity index (χ1n) is 7.55. The van der Waals surface area contributed by atoms with Gasteiger partial charge in [0, 0.05) is 12.1 Å². The van der Waals surface area contributed by atoms with Crippen molar-refractivity contribution in [2.75, 3.05) is 27.2 Å². The van der Waals surface area contributed by atoms with Gasteiger partial charge in [-0.15, -0.1) is 0 Å². The number of para-hydroxylation sites is 1. The van der Waals surface area contributed by atoms with Crippen LogP contribution in [0.3, 0.4) is 0 Å². The minimum Gasteiger partial charge on any atom is -0.488 e. The lowest BCUT2D eigenvalue weighted by molar-refractivity contribution is -0.118. The van der Waals surface area contributed by atoms with E-state index in [0.717, 1.165) is 17.1 Å². The van der Waals surface area contributed by atoms with Gasteiger partial charge < -0.3 is 14.5 Å². The van der Waals surface area contributed by atoms with Crippen molar-refractivity contribution in [1.29, 1.82) is 0 Å². The number of hydrogen-bond donors (Lipinski definition) is 1. The minimum atomic E-state index is -0.113. The van der Waals surface area contributed by atoms with Gasteiger partial charge in [-0.05, 0) is 38.4 Å². The highest BCUT2D eigenvalue weighted by atomic mass is 16.5. The molecule has 0 bridgehead atoms. The van der Waals surface area contributed by atoms with Crippen molar-refractivity contribution in [3.8, 4) is 5.75 Å². The van der Waals surface area contributed by atoms with Gasteiger partial charge in [0.05, 0.1) is 17.9 Å². The lowest BCUT2D eigenvalue weighted by Gasteiger charge is -2.23.